The maximum Gasteiger partial charge on any atom is 0.329 e. The van der Waals surface area contributed by atoms with Gasteiger partial charge in [0.1, 0.15) is 6.61 Å². The minimum Gasteiger partial charge on any atom is -0.480 e. The van der Waals surface area contributed by atoms with Gasteiger partial charge >= 0.3 is 5.97 Å². The van der Waals surface area contributed by atoms with E-state index in [1.54, 1.807) is 0 Å². The Hall–Kier alpha value is -3.01. The largest absolute Gasteiger partial charge is 0.480 e. The number of carbonyl (C=O) groups is 2. The van der Waals surface area contributed by atoms with E-state index in [1.807, 2.05) is 0 Å². The molecule has 0 fully saturated rings. The summed E-state index contributed by atoms with van der Waals surface area (Å²) in [6.07, 6.45) is 0. The van der Waals surface area contributed by atoms with Crippen molar-refractivity contribution in [3.8, 4) is 0 Å². The van der Waals surface area contributed by atoms with E-state index < -0.39 is 23.4 Å². The first-order valence-electron chi connectivity index (χ1n) is 6.19. The highest BCUT2D eigenvalue weighted by molar-refractivity contribution is 6.05. The Balaban J connectivity index is 2.03. The summed E-state index contributed by atoms with van der Waals surface area (Å²) in [7, 11) is 0. The number of amides is 1. The predicted molar refractivity (Wildman–Crippen MR) is 73.5 cm³/mol. The third-order valence-corrected chi connectivity index (χ3v) is 2.73. The van der Waals surface area contributed by atoms with Crippen LogP contribution >= 0.6 is 0 Å². The maximum absolute atomic E-state index is 12.0. The third-order valence-electron chi connectivity index (χ3n) is 2.73. The number of hydrogen-bond acceptors (Lipinski definition) is 6. The molecule has 116 valence electrons. The monoisotopic (exact) mass is 308 g/mol. The van der Waals surface area contributed by atoms with Crippen LogP contribution in [0.4, 0.5) is 5.69 Å². The lowest BCUT2D eigenvalue weighted by molar-refractivity contribution is -0.384. The van der Waals surface area contributed by atoms with Gasteiger partial charge in [0.25, 0.3) is 11.6 Å². The summed E-state index contributed by atoms with van der Waals surface area (Å²) in [5.41, 5.74) is 0.377. The highest BCUT2D eigenvalue weighted by atomic mass is 16.6. The Morgan fingerprint density at radius 3 is 2.91 bits per heavy atom. The number of aliphatic carboxylic acids is 1. The fourth-order valence-corrected chi connectivity index (χ4v) is 1.77. The van der Waals surface area contributed by atoms with E-state index >= 15 is 0 Å². The molecule has 10 nitrogen and oxygen atoms in total. The number of nitrogens with one attached hydrogen (secondary N) is 2. The van der Waals surface area contributed by atoms with E-state index in [0.717, 1.165) is 0 Å². The van der Waals surface area contributed by atoms with Crippen LogP contribution in [0, 0.1) is 10.1 Å². The molecular formula is C12H12N4O6. The molecule has 3 N–H and O–H groups in total. The third kappa shape index (κ3) is 3.55. The molecule has 1 amide bonds. The number of non-ortho nitro benzene ring substituents is 1. The number of nitro groups is 1. The predicted octanol–water partition coefficient (Wildman–Crippen LogP) is 0.302. The Morgan fingerprint density at radius 2 is 2.23 bits per heavy atom. The first kappa shape index (κ1) is 15.4. The summed E-state index contributed by atoms with van der Waals surface area (Å²) in [6.45, 7) is -0.330. The fraction of sp³-hybridized carbons (Fsp3) is 0.250. The smallest absolute Gasteiger partial charge is 0.329 e. The van der Waals surface area contributed by atoms with Crippen LogP contribution in [0.2, 0.25) is 0 Å². The molecule has 2 rings (SSSR count). The molecule has 22 heavy (non-hydrogen) atoms. The van der Waals surface area contributed by atoms with Crippen molar-refractivity contribution >= 4 is 28.5 Å². The van der Waals surface area contributed by atoms with Crippen molar-refractivity contribution in [2.24, 2.45) is 0 Å². The van der Waals surface area contributed by atoms with Gasteiger partial charge in [0.05, 0.1) is 17.0 Å². The maximum atomic E-state index is 12.0. The van der Waals surface area contributed by atoms with Crippen molar-refractivity contribution in [3.05, 3.63) is 34.0 Å². The van der Waals surface area contributed by atoms with Crippen LogP contribution in [0.25, 0.3) is 10.9 Å². The molecule has 0 saturated heterocycles. The molecule has 0 aliphatic carbocycles. The Morgan fingerprint density at radius 1 is 1.45 bits per heavy atom. The molecule has 2 aromatic rings. The standard InChI is InChI=1S/C12H12N4O6/c17-10(18)6-22-4-3-13-12(19)11-8-5-7(16(20)21)1-2-9(8)14-15-11/h1-2,5H,3-4,6H2,(H,13,19)(H,14,15)(H,17,18). The summed E-state index contributed by atoms with van der Waals surface area (Å²) in [5.74, 6) is -1.64. The van der Waals surface area contributed by atoms with Crippen LogP contribution in [0.15, 0.2) is 18.2 Å². The van der Waals surface area contributed by atoms with Gasteiger partial charge in [0, 0.05) is 24.1 Å². The van der Waals surface area contributed by atoms with Gasteiger partial charge in [0.15, 0.2) is 5.69 Å². The molecule has 0 aliphatic heterocycles. The molecule has 1 aromatic carbocycles. The van der Waals surface area contributed by atoms with E-state index in [-0.39, 0.29) is 24.5 Å². The van der Waals surface area contributed by atoms with Crippen molar-refractivity contribution in [1.82, 2.24) is 15.5 Å². The number of hydrogen-bond donors (Lipinski definition) is 3. The molecule has 0 atom stereocenters. The number of nitrogens with zero attached hydrogens (tertiary/aromatic N) is 2. The van der Waals surface area contributed by atoms with Gasteiger partial charge in [-0.1, -0.05) is 0 Å². The second-order valence-corrected chi connectivity index (χ2v) is 4.26. The number of aromatic nitrogens is 2. The first-order chi connectivity index (χ1) is 10.5. The fourth-order valence-electron chi connectivity index (χ4n) is 1.77. The molecule has 0 bridgehead atoms. The number of H-pyrrole nitrogens is 1. The molecule has 0 saturated carbocycles. The zero-order valence-electron chi connectivity index (χ0n) is 11.2. The van der Waals surface area contributed by atoms with E-state index in [9.17, 15) is 19.7 Å². The molecular weight excluding hydrogens is 296 g/mol. The van der Waals surface area contributed by atoms with Crippen molar-refractivity contribution < 1.29 is 24.4 Å². The lowest BCUT2D eigenvalue weighted by Gasteiger charge is -2.03. The Kier molecular flexibility index (Phi) is 4.63. The van der Waals surface area contributed by atoms with Crippen molar-refractivity contribution in [2.45, 2.75) is 0 Å². The Bertz CT molecular complexity index is 725. The Labute approximate surface area is 123 Å². The second kappa shape index (κ2) is 6.63. The summed E-state index contributed by atoms with van der Waals surface area (Å²) >= 11 is 0. The van der Waals surface area contributed by atoms with Gasteiger partial charge in [0.2, 0.25) is 0 Å². The number of carboxylic acids is 1. The number of fused-ring (bicyclic) bond motifs is 1. The van der Waals surface area contributed by atoms with Gasteiger partial charge in [-0.05, 0) is 6.07 Å². The average molecular weight is 308 g/mol. The number of benzene rings is 1. The van der Waals surface area contributed by atoms with Crippen LogP contribution in [0.3, 0.4) is 0 Å². The molecule has 0 aliphatic rings. The topological polar surface area (TPSA) is 147 Å². The van der Waals surface area contributed by atoms with E-state index in [1.165, 1.54) is 18.2 Å². The zero-order chi connectivity index (χ0) is 16.1. The molecule has 0 radical (unpaired) electrons. The van der Waals surface area contributed by atoms with Gasteiger partial charge in [-0.3, -0.25) is 20.0 Å². The second-order valence-electron chi connectivity index (χ2n) is 4.26. The number of carbonyl (C=O) groups excluding carboxylic acids is 1. The highest BCUT2D eigenvalue weighted by Crippen LogP contribution is 2.21. The van der Waals surface area contributed by atoms with Gasteiger partial charge in [-0.2, -0.15) is 5.10 Å². The number of carboxylic acid groups (broad SMARTS) is 1. The lowest BCUT2D eigenvalue weighted by Crippen LogP contribution is -2.28. The molecule has 10 heteroatoms. The number of nitro benzene ring substituents is 1. The van der Waals surface area contributed by atoms with Crippen LogP contribution in [0.5, 0.6) is 0 Å². The van der Waals surface area contributed by atoms with Crippen LogP contribution < -0.4 is 5.32 Å². The number of ether oxygens (including phenoxy) is 1. The number of rotatable bonds is 7. The summed E-state index contributed by atoms with van der Waals surface area (Å²) in [5, 5.41) is 28.4. The van der Waals surface area contributed by atoms with E-state index in [2.05, 4.69) is 15.5 Å². The average Bonchev–Trinajstić information content (AvgIpc) is 2.89. The summed E-state index contributed by atoms with van der Waals surface area (Å²) in [4.78, 5) is 32.4. The molecule has 0 unspecified atom stereocenters. The number of aromatic amines is 1. The first-order valence-corrected chi connectivity index (χ1v) is 6.19. The SMILES string of the molecule is O=C(O)COCCNC(=O)c1n[nH]c2ccc([N+](=O)[O-])cc12. The van der Waals surface area contributed by atoms with Gasteiger partial charge < -0.3 is 15.2 Å². The normalized spacial score (nSPS) is 10.5. The van der Waals surface area contributed by atoms with Gasteiger partial charge in [-0.25, -0.2) is 4.79 Å². The van der Waals surface area contributed by atoms with Crippen molar-refractivity contribution in [1.29, 1.82) is 0 Å². The molecule has 0 spiro atoms. The van der Waals surface area contributed by atoms with Crippen molar-refractivity contribution in [3.63, 3.8) is 0 Å². The van der Waals surface area contributed by atoms with Crippen molar-refractivity contribution in [2.75, 3.05) is 19.8 Å². The minimum absolute atomic E-state index is 0.0249. The quantitative estimate of drug-likeness (QED) is 0.378. The highest BCUT2D eigenvalue weighted by Gasteiger charge is 2.16. The lowest BCUT2D eigenvalue weighted by atomic mass is 10.2. The van der Waals surface area contributed by atoms with Crippen LogP contribution in [0.1, 0.15) is 10.5 Å². The minimum atomic E-state index is -1.10. The van der Waals surface area contributed by atoms with E-state index in [4.69, 9.17) is 9.84 Å². The van der Waals surface area contributed by atoms with Gasteiger partial charge in [-0.15, -0.1) is 0 Å². The van der Waals surface area contributed by atoms with Crippen LogP contribution in [-0.4, -0.2) is 51.9 Å². The zero-order valence-corrected chi connectivity index (χ0v) is 11.2. The molecule has 1 heterocycles. The summed E-state index contributed by atoms with van der Waals surface area (Å²) < 4.78 is 4.77. The molecule has 1 aromatic heterocycles. The summed E-state index contributed by atoms with van der Waals surface area (Å²) in [6, 6.07) is 4.03. The van der Waals surface area contributed by atoms with E-state index in [0.29, 0.717) is 10.9 Å². The van der Waals surface area contributed by atoms with Crippen LogP contribution in [-0.2, 0) is 9.53 Å².